The number of rotatable bonds is 4. The van der Waals surface area contributed by atoms with Crippen LogP contribution in [0.4, 0.5) is 0 Å². The molecule has 0 aliphatic heterocycles. The molecule has 3 heteroatoms. The Bertz CT molecular complexity index is 328. The van der Waals surface area contributed by atoms with Gasteiger partial charge < -0.3 is 11.1 Å². The number of carbonyl (C=O) groups excluding carboxylic acids is 1. The van der Waals surface area contributed by atoms with E-state index in [1.54, 1.807) is 0 Å². The SMILES string of the molecule is CC(C)[C@H](N)C(=O)NCC12CC3CC(CC(C3)C1)C2. The third kappa shape index (κ3) is 2.54. The fraction of sp³-hybridized carbons (Fsp3) is 0.938. The van der Waals surface area contributed by atoms with Gasteiger partial charge in [-0.05, 0) is 67.6 Å². The monoisotopic (exact) mass is 264 g/mol. The average molecular weight is 264 g/mol. The summed E-state index contributed by atoms with van der Waals surface area (Å²) in [6.07, 6.45) is 8.40. The summed E-state index contributed by atoms with van der Waals surface area (Å²) >= 11 is 0. The highest BCUT2D eigenvalue weighted by Gasteiger charge is 2.50. The molecule has 0 aromatic rings. The van der Waals surface area contributed by atoms with Gasteiger partial charge in [-0.15, -0.1) is 0 Å². The van der Waals surface area contributed by atoms with E-state index in [0.29, 0.717) is 5.41 Å². The van der Waals surface area contributed by atoms with Gasteiger partial charge >= 0.3 is 0 Å². The summed E-state index contributed by atoms with van der Waals surface area (Å²) < 4.78 is 0. The second-order valence-corrected chi connectivity index (χ2v) is 7.91. The Kier molecular flexibility index (Phi) is 3.36. The lowest BCUT2D eigenvalue weighted by Gasteiger charge is -2.57. The first-order valence-electron chi connectivity index (χ1n) is 8.01. The van der Waals surface area contributed by atoms with Crippen LogP contribution in [0.5, 0.6) is 0 Å². The van der Waals surface area contributed by atoms with E-state index >= 15 is 0 Å². The second kappa shape index (κ2) is 4.76. The van der Waals surface area contributed by atoms with Gasteiger partial charge in [-0.2, -0.15) is 0 Å². The molecule has 4 fully saturated rings. The van der Waals surface area contributed by atoms with Gasteiger partial charge in [0.1, 0.15) is 0 Å². The maximum absolute atomic E-state index is 12.0. The molecule has 0 spiro atoms. The molecule has 0 saturated heterocycles. The molecule has 4 rings (SSSR count). The van der Waals surface area contributed by atoms with Crippen molar-refractivity contribution in [3.05, 3.63) is 0 Å². The molecule has 4 aliphatic rings. The van der Waals surface area contributed by atoms with Crippen molar-refractivity contribution in [1.82, 2.24) is 5.32 Å². The maximum Gasteiger partial charge on any atom is 0.237 e. The van der Waals surface area contributed by atoms with E-state index in [2.05, 4.69) is 5.32 Å². The Balaban J connectivity index is 1.59. The minimum atomic E-state index is -0.353. The van der Waals surface area contributed by atoms with Crippen LogP contribution in [0.3, 0.4) is 0 Å². The van der Waals surface area contributed by atoms with Gasteiger partial charge in [-0.1, -0.05) is 13.8 Å². The minimum Gasteiger partial charge on any atom is -0.354 e. The normalized spacial score (nSPS) is 41.6. The zero-order valence-corrected chi connectivity index (χ0v) is 12.3. The molecular weight excluding hydrogens is 236 g/mol. The lowest BCUT2D eigenvalue weighted by Crippen LogP contribution is -2.53. The van der Waals surface area contributed by atoms with Crippen molar-refractivity contribution in [3.63, 3.8) is 0 Å². The van der Waals surface area contributed by atoms with E-state index in [1.807, 2.05) is 13.8 Å². The zero-order chi connectivity index (χ0) is 13.6. The summed E-state index contributed by atoms with van der Waals surface area (Å²) in [4.78, 5) is 12.0. The molecule has 4 aliphatic carbocycles. The predicted octanol–water partition coefficient (Wildman–Crippen LogP) is 2.30. The Morgan fingerprint density at radius 2 is 1.63 bits per heavy atom. The van der Waals surface area contributed by atoms with Gasteiger partial charge in [0.15, 0.2) is 0 Å². The second-order valence-electron chi connectivity index (χ2n) is 7.91. The number of nitrogens with two attached hydrogens (primary N) is 1. The predicted molar refractivity (Wildman–Crippen MR) is 76.4 cm³/mol. The van der Waals surface area contributed by atoms with Gasteiger partial charge in [-0.25, -0.2) is 0 Å². The highest BCUT2D eigenvalue weighted by Crippen LogP contribution is 2.59. The molecule has 108 valence electrons. The molecule has 4 bridgehead atoms. The number of amides is 1. The molecule has 19 heavy (non-hydrogen) atoms. The molecule has 0 aromatic heterocycles. The van der Waals surface area contributed by atoms with Crippen LogP contribution in [-0.4, -0.2) is 18.5 Å². The Labute approximate surface area is 116 Å². The maximum atomic E-state index is 12.0. The van der Waals surface area contributed by atoms with E-state index in [9.17, 15) is 4.79 Å². The molecule has 0 radical (unpaired) electrons. The highest BCUT2D eigenvalue weighted by molar-refractivity contribution is 5.81. The molecule has 0 heterocycles. The van der Waals surface area contributed by atoms with Crippen LogP contribution in [0.15, 0.2) is 0 Å². The quantitative estimate of drug-likeness (QED) is 0.818. The summed E-state index contributed by atoms with van der Waals surface area (Å²) in [5, 5.41) is 3.16. The van der Waals surface area contributed by atoms with Crippen LogP contribution in [-0.2, 0) is 4.79 Å². The summed E-state index contributed by atoms with van der Waals surface area (Å²) in [6, 6.07) is -0.353. The summed E-state index contributed by atoms with van der Waals surface area (Å²) in [6.45, 7) is 4.89. The van der Waals surface area contributed by atoms with Crippen LogP contribution < -0.4 is 11.1 Å². The van der Waals surface area contributed by atoms with Crippen molar-refractivity contribution in [2.75, 3.05) is 6.54 Å². The average Bonchev–Trinajstić information content (AvgIpc) is 2.33. The third-order valence-electron chi connectivity index (χ3n) is 5.82. The van der Waals surface area contributed by atoms with Crippen LogP contribution in [0, 0.1) is 29.1 Å². The van der Waals surface area contributed by atoms with E-state index in [0.717, 1.165) is 24.3 Å². The van der Waals surface area contributed by atoms with Crippen molar-refractivity contribution in [2.24, 2.45) is 34.8 Å². The van der Waals surface area contributed by atoms with Gasteiger partial charge in [0.25, 0.3) is 0 Å². The van der Waals surface area contributed by atoms with Crippen molar-refractivity contribution < 1.29 is 4.79 Å². The molecule has 4 saturated carbocycles. The third-order valence-corrected chi connectivity index (χ3v) is 5.82. The molecular formula is C16H28N2O. The first-order valence-corrected chi connectivity index (χ1v) is 8.01. The lowest BCUT2D eigenvalue weighted by molar-refractivity contribution is -0.125. The zero-order valence-electron chi connectivity index (χ0n) is 12.3. The molecule has 1 atom stereocenters. The molecule has 1 amide bonds. The van der Waals surface area contributed by atoms with E-state index in [4.69, 9.17) is 5.73 Å². The van der Waals surface area contributed by atoms with E-state index in [-0.39, 0.29) is 17.9 Å². The Morgan fingerprint density at radius 1 is 1.16 bits per heavy atom. The standard InChI is InChI=1S/C16H28N2O/c1-10(2)14(17)15(19)18-9-16-6-11-3-12(7-16)5-13(4-11)8-16/h10-14H,3-9,17H2,1-2H3,(H,18,19)/t11?,12?,13?,14-,16?/m0/s1. The molecule has 3 N–H and O–H groups in total. The summed E-state index contributed by atoms with van der Waals surface area (Å²) in [5.74, 6) is 3.10. The highest BCUT2D eigenvalue weighted by atomic mass is 16.2. The van der Waals surface area contributed by atoms with Gasteiger partial charge in [0.2, 0.25) is 5.91 Å². The Morgan fingerprint density at radius 3 is 2.05 bits per heavy atom. The number of carbonyl (C=O) groups is 1. The minimum absolute atomic E-state index is 0.0470. The van der Waals surface area contributed by atoms with Crippen LogP contribution in [0.1, 0.15) is 52.4 Å². The molecule has 3 nitrogen and oxygen atoms in total. The first kappa shape index (κ1) is 13.4. The molecule has 0 unspecified atom stereocenters. The first-order chi connectivity index (χ1) is 8.97. The van der Waals surface area contributed by atoms with Crippen LogP contribution in [0.25, 0.3) is 0 Å². The fourth-order valence-electron chi connectivity index (χ4n) is 5.20. The van der Waals surface area contributed by atoms with Crippen molar-refractivity contribution in [3.8, 4) is 0 Å². The fourth-order valence-corrected chi connectivity index (χ4v) is 5.20. The summed E-state index contributed by atoms with van der Waals surface area (Å²) in [7, 11) is 0. The van der Waals surface area contributed by atoms with Crippen LogP contribution in [0.2, 0.25) is 0 Å². The smallest absolute Gasteiger partial charge is 0.237 e. The summed E-state index contributed by atoms with van der Waals surface area (Å²) in [5.41, 5.74) is 6.34. The lowest BCUT2D eigenvalue weighted by atomic mass is 9.49. The van der Waals surface area contributed by atoms with Gasteiger partial charge in [0, 0.05) is 6.54 Å². The topological polar surface area (TPSA) is 55.1 Å². The van der Waals surface area contributed by atoms with Crippen molar-refractivity contribution in [1.29, 1.82) is 0 Å². The van der Waals surface area contributed by atoms with Gasteiger partial charge in [-0.3, -0.25) is 4.79 Å². The van der Waals surface area contributed by atoms with Crippen LogP contribution >= 0.6 is 0 Å². The number of hydrogen-bond donors (Lipinski definition) is 2. The number of hydrogen-bond acceptors (Lipinski definition) is 2. The van der Waals surface area contributed by atoms with E-state index in [1.165, 1.54) is 38.5 Å². The largest absolute Gasteiger partial charge is 0.354 e. The van der Waals surface area contributed by atoms with Gasteiger partial charge in [0.05, 0.1) is 6.04 Å². The van der Waals surface area contributed by atoms with Crippen molar-refractivity contribution >= 4 is 5.91 Å². The molecule has 0 aromatic carbocycles. The van der Waals surface area contributed by atoms with E-state index < -0.39 is 0 Å². The van der Waals surface area contributed by atoms with Crippen molar-refractivity contribution in [2.45, 2.75) is 58.4 Å². The number of nitrogens with one attached hydrogen (secondary N) is 1. The Hall–Kier alpha value is -0.570.